The summed E-state index contributed by atoms with van der Waals surface area (Å²) in [6.45, 7) is 5.83. The Morgan fingerprint density at radius 2 is 1.77 bits per heavy atom. The molecule has 0 aliphatic heterocycles. The van der Waals surface area contributed by atoms with Crippen molar-refractivity contribution in [3.8, 4) is 0 Å². The highest BCUT2D eigenvalue weighted by Crippen LogP contribution is 2.04. The van der Waals surface area contributed by atoms with Crippen molar-refractivity contribution < 1.29 is 4.79 Å². The van der Waals surface area contributed by atoms with Crippen molar-refractivity contribution >= 4 is 11.6 Å². The number of para-hydroxylation sites is 1. The summed E-state index contributed by atoms with van der Waals surface area (Å²) in [7, 11) is 0. The summed E-state index contributed by atoms with van der Waals surface area (Å²) >= 11 is 0. The minimum Gasteiger partial charge on any atom is -0.326 e. The number of hydrogen-bond acceptors (Lipinski definition) is 1. The molecular weight excluding hydrogens is 162 g/mol. The molecule has 0 atom stereocenters. The Balaban J connectivity index is 0.000000671. The first kappa shape index (κ1) is 11.7. The third-order valence-corrected chi connectivity index (χ3v) is 1.38. The van der Waals surface area contributed by atoms with Crippen LogP contribution in [-0.4, -0.2) is 5.91 Å². The molecule has 0 aromatic heterocycles. The van der Waals surface area contributed by atoms with Crippen LogP contribution in [0.1, 0.15) is 27.2 Å². The summed E-state index contributed by atoms with van der Waals surface area (Å²) in [6.07, 6.45) is 0.523. The van der Waals surface area contributed by atoms with Crippen LogP contribution in [0.2, 0.25) is 0 Å². The maximum Gasteiger partial charge on any atom is 0.224 e. The second-order valence-corrected chi connectivity index (χ2v) is 2.27. The number of nitrogens with one attached hydrogen (secondary N) is 1. The van der Waals surface area contributed by atoms with Gasteiger partial charge in [0.1, 0.15) is 0 Å². The SMILES string of the molecule is CC.CCC(=O)Nc1ccccc1. The van der Waals surface area contributed by atoms with E-state index in [1.54, 1.807) is 0 Å². The zero-order valence-corrected chi connectivity index (χ0v) is 8.50. The standard InChI is InChI=1S/C9H11NO.C2H6/c1-2-9(11)10-8-6-4-3-5-7-8;1-2/h3-7H,2H2,1H3,(H,10,11);1-2H3. The van der Waals surface area contributed by atoms with Gasteiger partial charge in [0.25, 0.3) is 0 Å². The average Bonchev–Trinajstić information content (AvgIpc) is 2.22. The summed E-state index contributed by atoms with van der Waals surface area (Å²) in [5.41, 5.74) is 0.861. The molecule has 0 spiro atoms. The Kier molecular flexibility index (Phi) is 6.60. The van der Waals surface area contributed by atoms with E-state index in [4.69, 9.17) is 0 Å². The van der Waals surface area contributed by atoms with Gasteiger partial charge in [-0.05, 0) is 12.1 Å². The van der Waals surface area contributed by atoms with Crippen molar-refractivity contribution in [2.24, 2.45) is 0 Å². The van der Waals surface area contributed by atoms with Gasteiger partial charge in [0, 0.05) is 12.1 Å². The Morgan fingerprint density at radius 1 is 1.23 bits per heavy atom. The van der Waals surface area contributed by atoms with Crippen molar-refractivity contribution in [1.82, 2.24) is 0 Å². The van der Waals surface area contributed by atoms with Crippen LogP contribution in [0.15, 0.2) is 30.3 Å². The van der Waals surface area contributed by atoms with Crippen molar-refractivity contribution in [3.63, 3.8) is 0 Å². The Hall–Kier alpha value is -1.31. The van der Waals surface area contributed by atoms with Gasteiger partial charge in [-0.25, -0.2) is 0 Å². The normalized spacial score (nSPS) is 8.23. The Labute approximate surface area is 80.0 Å². The zero-order chi connectivity index (χ0) is 10.1. The van der Waals surface area contributed by atoms with E-state index in [0.29, 0.717) is 6.42 Å². The van der Waals surface area contributed by atoms with Crippen LogP contribution in [0.4, 0.5) is 5.69 Å². The Bertz CT molecular complexity index is 231. The van der Waals surface area contributed by atoms with Crippen LogP contribution >= 0.6 is 0 Å². The van der Waals surface area contributed by atoms with Gasteiger partial charge < -0.3 is 5.32 Å². The van der Waals surface area contributed by atoms with E-state index in [1.807, 2.05) is 51.1 Å². The van der Waals surface area contributed by atoms with E-state index in [0.717, 1.165) is 5.69 Å². The molecule has 0 fully saturated rings. The molecule has 72 valence electrons. The summed E-state index contributed by atoms with van der Waals surface area (Å²) in [5.74, 6) is 0.0520. The molecule has 0 aliphatic carbocycles. The molecule has 1 N–H and O–H groups in total. The first-order chi connectivity index (χ1) is 6.33. The fourth-order valence-electron chi connectivity index (χ4n) is 0.771. The first-order valence-corrected chi connectivity index (χ1v) is 4.68. The molecular formula is C11H17NO. The lowest BCUT2D eigenvalue weighted by Gasteiger charge is -2.00. The van der Waals surface area contributed by atoms with E-state index in [-0.39, 0.29) is 5.91 Å². The van der Waals surface area contributed by atoms with Gasteiger partial charge in [-0.1, -0.05) is 39.0 Å². The number of carbonyl (C=O) groups excluding carboxylic acids is 1. The van der Waals surface area contributed by atoms with Crippen molar-refractivity contribution in [3.05, 3.63) is 30.3 Å². The molecule has 0 radical (unpaired) electrons. The van der Waals surface area contributed by atoms with Crippen LogP contribution in [-0.2, 0) is 4.79 Å². The minimum atomic E-state index is 0.0520. The highest BCUT2D eigenvalue weighted by molar-refractivity contribution is 5.90. The molecule has 0 heterocycles. The molecule has 0 bridgehead atoms. The van der Waals surface area contributed by atoms with E-state index in [2.05, 4.69) is 5.32 Å². The van der Waals surface area contributed by atoms with Crippen LogP contribution in [0.25, 0.3) is 0 Å². The molecule has 13 heavy (non-hydrogen) atoms. The molecule has 2 heteroatoms. The van der Waals surface area contributed by atoms with Crippen LogP contribution in [0.5, 0.6) is 0 Å². The second kappa shape index (κ2) is 7.35. The van der Waals surface area contributed by atoms with Crippen molar-refractivity contribution in [2.45, 2.75) is 27.2 Å². The lowest BCUT2D eigenvalue weighted by atomic mass is 10.3. The highest BCUT2D eigenvalue weighted by Gasteiger charge is 1.95. The molecule has 0 saturated carbocycles. The summed E-state index contributed by atoms with van der Waals surface area (Å²) in [5, 5.41) is 2.75. The maximum atomic E-state index is 10.9. The molecule has 0 aliphatic rings. The smallest absolute Gasteiger partial charge is 0.224 e. The molecule has 1 rings (SSSR count). The van der Waals surface area contributed by atoms with E-state index in [9.17, 15) is 4.79 Å². The van der Waals surface area contributed by atoms with Crippen LogP contribution in [0, 0.1) is 0 Å². The molecule has 2 nitrogen and oxygen atoms in total. The monoisotopic (exact) mass is 179 g/mol. The van der Waals surface area contributed by atoms with E-state index < -0.39 is 0 Å². The fourth-order valence-corrected chi connectivity index (χ4v) is 0.771. The molecule has 1 amide bonds. The van der Waals surface area contributed by atoms with E-state index >= 15 is 0 Å². The van der Waals surface area contributed by atoms with Gasteiger partial charge in [0.05, 0.1) is 0 Å². The Morgan fingerprint density at radius 3 is 2.23 bits per heavy atom. The zero-order valence-electron chi connectivity index (χ0n) is 8.50. The van der Waals surface area contributed by atoms with Gasteiger partial charge in [-0.2, -0.15) is 0 Å². The second-order valence-electron chi connectivity index (χ2n) is 2.27. The molecule has 0 saturated heterocycles. The molecule has 0 unspecified atom stereocenters. The maximum absolute atomic E-state index is 10.9. The third-order valence-electron chi connectivity index (χ3n) is 1.38. The molecule has 1 aromatic carbocycles. The van der Waals surface area contributed by atoms with Gasteiger partial charge >= 0.3 is 0 Å². The number of amides is 1. The van der Waals surface area contributed by atoms with Gasteiger partial charge in [0.2, 0.25) is 5.91 Å². The number of carbonyl (C=O) groups is 1. The lowest BCUT2D eigenvalue weighted by Crippen LogP contribution is -2.08. The van der Waals surface area contributed by atoms with E-state index in [1.165, 1.54) is 0 Å². The summed E-state index contributed by atoms with van der Waals surface area (Å²) < 4.78 is 0. The minimum absolute atomic E-state index is 0.0520. The predicted molar refractivity (Wildman–Crippen MR) is 56.7 cm³/mol. The average molecular weight is 179 g/mol. The third kappa shape index (κ3) is 5.01. The highest BCUT2D eigenvalue weighted by atomic mass is 16.1. The predicted octanol–water partition coefficient (Wildman–Crippen LogP) is 3.06. The lowest BCUT2D eigenvalue weighted by molar-refractivity contribution is -0.115. The van der Waals surface area contributed by atoms with Gasteiger partial charge in [-0.15, -0.1) is 0 Å². The number of hydrogen-bond donors (Lipinski definition) is 1. The van der Waals surface area contributed by atoms with Crippen LogP contribution in [0.3, 0.4) is 0 Å². The quantitative estimate of drug-likeness (QED) is 0.742. The van der Waals surface area contributed by atoms with Gasteiger partial charge in [-0.3, -0.25) is 4.79 Å². The summed E-state index contributed by atoms with van der Waals surface area (Å²) in [6, 6.07) is 9.44. The molecule has 1 aromatic rings. The van der Waals surface area contributed by atoms with Gasteiger partial charge in [0.15, 0.2) is 0 Å². The van der Waals surface area contributed by atoms with Crippen molar-refractivity contribution in [2.75, 3.05) is 5.32 Å². The number of anilines is 1. The van der Waals surface area contributed by atoms with Crippen LogP contribution < -0.4 is 5.32 Å². The largest absolute Gasteiger partial charge is 0.326 e. The fraction of sp³-hybridized carbons (Fsp3) is 0.364. The number of rotatable bonds is 2. The number of benzene rings is 1. The first-order valence-electron chi connectivity index (χ1n) is 4.68. The summed E-state index contributed by atoms with van der Waals surface area (Å²) in [4.78, 5) is 10.9. The topological polar surface area (TPSA) is 29.1 Å². The van der Waals surface area contributed by atoms with Crippen molar-refractivity contribution in [1.29, 1.82) is 0 Å².